The summed E-state index contributed by atoms with van der Waals surface area (Å²) in [6.45, 7) is 1.52. The first-order valence-corrected chi connectivity index (χ1v) is 5.89. The maximum absolute atomic E-state index is 11.3. The molecule has 7 nitrogen and oxygen atoms in total. The standard InChI is InChI=1S/C7H13N5O2S/c1-3-15(13,14)11-7-5(6(8)9)4-10-12(7)2/h4,11H,3H2,1-2H3,(H3,8,9). The molecule has 0 saturated heterocycles. The van der Waals surface area contributed by atoms with Gasteiger partial charge in [0.25, 0.3) is 0 Å². The molecule has 0 saturated carbocycles. The lowest BCUT2D eigenvalue weighted by atomic mass is 10.3. The van der Waals surface area contributed by atoms with E-state index in [-0.39, 0.29) is 23.0 Å². The van der Waals surface area contributed by atoms with E-state index in [1.54, 1.807) is 7.05 Å². The summed E-state index contributed by atoms with van der Waals surface area (Å²) in [5.74, 6) is -0.0588. The summed E-state index contributed by atoms with van der Waals surface area (Å²) in [6.07, 6.45) is 1.34. The number of aromatic nitrogens is 2. The van der Waals surface area contributed by atoms with Gasteiger partial charge in [-0.15, -0.1) is 0 Å². The Morgan fingerprint density at radius 1 is 1.73 bits per heavy atom. The molecule has 15 heavy (non-hydrogen) atoms. The summed E-state index contributed by atoms with van der Waals surface area (Å²) < 4.78 is 26.3. The minimum atomic E-state index is -3.38. The van der Waals surface area contributed by atoms with Gasteiger partial charge in [0.05, 0.1) is 17.5 Å². The Bertz CT molecular complexity index is 476. The minimum Gasteiger partial charge on any atom is -0.384 e. The maximum Gasteiger partial charge on any atom is 0.233 e. The van der Waals surface area contributed by atoms with Gasteiger partial charge in [-0.2, -0.15) is 5.10 Å². The second-order valence-electron chi connectivity index (χ2n) is 2.95. The zero-order chi connectivity index (χ0) is 11.6. The highest BCUT2D eigenvalue weighted by Crippen LogP contribution is 2.14. The van der Waals surface area contributed by atoms with Crippen LogP contribution in [0.15, 0.2) is 6.20 Å². The second kappa shape index (κ2) is 3.89. The molecule has 1 heterocycles. The summed E-state index contributed by atoms with van der Waals surface area (Å²) in [6, 6.07) is 0. The molecule has 0 amide bonds. The zero-order valence-corrected chi connectivity index (χ0v) is 9.30. The molecular weight excluding hydrogens is 218 g/mol. The molecule has 0 fully saturated rings. The normalized spacial score (nSPS) is 11.3. The molecule has 1 rings (SSSR count). The Kier molecular flexibility index (Phi) is 2.98. The van der Waals surface area contributed by atoms with Crippen molar-refractivity contribution < 1.29 is 8.42 Å². The van der Waals surface area contributed by atoms with Crippen LogP contribution in [0.2, 0.25) is 0 Å². The fourth-order valence-corrected chi connectivity index (χ4v) is 1.66. The summed E-state index contributed by atoms with van der Waals surface area (Å²) >= 11 is 0. The molecule has 0 aliphatic rings. The fourth-order valence-electron chi connectivity index (χ4n) is 0.975. The van der Waals surface area contributed by atoms with Crippen LogP contribution < -0.4 is 10.5 Å². The fraction of sp³-hybridized carbons (Fsp3) is 0.429. The predicted octanol–water partition coefficient (Wildman–Crippen LogP) is -0.534. The van der Waals surface area contributed by atoms with Gasteiger partial charge in [0.15, 0.2) is 0 Å². The highest BCUT2D eigenvalue weighted by Gasteiger charge is 2.16. The average Bonchev–Trinajstić information content (AvgIpc) is 2.48. The lowest BCUT2D eigenvalue weighted by Gasteiger charge is -2.07. The van der Waals surface area contributed by atoms with Crippen molar-refractivity contribution >= 4 is 21.7 Å². The van der Waals surface area contributed by atoms with Crippen molar-refractivity contribution in [1.29, 1.82) is 5.41 Å². The van der Waals surface area contributed by atoms with Crippen molar-refractivity contribution in [2.75, 3.05) is 10.5 Å². The third kappa shape index (κ3) is 2.46. The molecule has 0 aliphatic carbocycles. The van der Waals surface area contributed by atoms with E-state index in [0.717, 1.165) is 0 Å². The van der Waals surface area contributed by atoms with Crippen molar-refractivity contribution in [2.45, 2.75) is 6.92 Å². The summed E-state index contributed by atoms with van der Waals surface area (Å²) in [5, 5.41) is 11.1. The van der Waals surface area contributed by atoms with E-state index in [9.17, 15) is 8.42 Å². The van der Waals surface area contributed by atoms with Gasteiger partial charge in [0, 0.05) is 7.05 Å². The van der Waals surface area contributed by atoms with E-state index in [1.165, 1.54) is 17.8 Å². The molecule has 1 aromatic heterocycles. The summed E-state index contributed by atoms with van der Waals surface area (Å²) in [5.41, 5.74) is 5.56. The number of nitrogens with one attached hydrogen (secondary N) is 2. The Morgan fingerprint density at radius 3 is 2.80 bits per heavy atom. The van der Waals surface area contributed by atoms with Gasteiger partial charge in [-0.3, -0.25) is 14.8 Å². The molecule has 0 spiro atoms. The minimum absolute atomic E-state index is 0.0461. The predicted molar refractivity (Wildman–Crippen MR) is 57.3 cm³/mol. The van der Waals surface area contributed by atoms with Gasteiger partial charge in [-0.1, -0.05) is 0 Å². The maximum atomic E-state index is 11.3. The Morgan fingerprint density at radius 2 is 2.33 bits per heavy atom. The number of aryl methyl sites for hydroxylation is 1. The lowest BCUT2D eigenvalue weighted by molar-refractivity contribution is 0.601. The number of amidine groups is 1. The number of hydrogen-bond acceptors (Lipinski definition) is 4. The van der Waals surface area contributed by atoms with Gasteiger partial charge in [0.1, 0.15) is 11.7 Å². The van der Waals surface area contributed by atoms with Crippen molar-refractivity contribution in [3.63, 3.8) is 0 Å². The van der Waals surface area contributed by atoms with E-state index < -0.39 is 10.0 Å². The van der Waals surface area contributed by atoms with Gasteiger partial charge >= 0.3 is 0 Å². The first-order valence-electron chi connectivity index (χ1n) is 4.24. The van der Waals surface area contributed by atoms with Gasteiger partial charge in [0.2, 0.25) is 10.0 Å². The highest BCUT2D eigenvalue weighted by molar-refractivity contribution is 7.92. The summed E-state index contributed by atoms with van der Waals surface area (Å²) in [7, 11) is -1.81. The number of anilines is 1. The molecule has 4 N–H and O–H groups in total. The van der Waals surface area contributed by atoms with Gasteiger partial charge in [-0.05, 0) is 6.92 Å². The van der Waals surface area contributed by atoms with Crippen molar-refractivity contribution in [3.05, 3.63) is 11.8 Å². The average molecular weight is 231 g/mol. The second-order valence-corrected chi connectivity index (χ2v) is 4.96. The largest absolute Gasteiger partial charge is 0.384 e. The van der Waals surface area contributed by atoms with Gasteiger partial charge < -0.3 is 5.73 Å². The Balaban J connectivity index is 3.14. The monoisotopic (exact) mass is 231 g/mol. The smallest absolute Gasteiger partial charge is 0.233 e. The van der Waals surface area contributed by atoms with Crippen LogP contribution in [0.3, 0.4) is 0 Å². The summed E-state index contributed by atoms with van der Waals surface area (Å²) in [4.78, 5) is 0. The number of nitrogen functional groups attached to an aromatic ring is 1. The third-order valence-electron chi connectivity index (χ3n) is 1.86. The number of rotatable bonds is 4. The van der Waals surface area contributed by atoms with Crippen LogP contribution in [0, 0.1) is 5.41 Å². The Hall–Kier alpha value is -1.57. The van der Waals surface area contributed by atoms with Crippen molar-refractivity contribution in [1.82, 2.24) is 9.78 Å². The van der Waals surface area contributed by atoms with Gasteiger partial charge in [-0.25, -0.2) is 8.42 Å². The molecule has 1 aromatic rings. The van der Waals surface area contributed by atoms with Crippen LogP contribution >= 0.6 is 0 Å². The molecule has 0 unspecified atom stereocenters. The van der Waals surface area contributed by atoms with Crippen LogP contribution in [-0.4, -0.2) is 29.8 Å². The molecular formula is C7H13N5O2S. The SMILES string of the molecule is CCS(=O)(=O)Nc1c(C(=N)N)cnn1C. The lowest BCUT2D eigenvalue weighted by Crippen LogP contribution is -2.20. The zero-order valence-electron chi connectivity index (χ0n) is 8.48. The van der Waals surface area contributed by atoms with Crippen molar-refractivity contribution in [2.24, 2.45) is 12.8 Å². The van der Waals surface area contributed by atoms with E-state index in [1.807, 2.05) is 0 Å². The van der Waals surface area contributed by atoms with E-state index in [4.69, 9.17) is 11.1 Å². The first kappa shape index (κ1) is 11.5. The van der Waals surface area contributed by atoms with Crippen LogP contribution in [-0.2, 0) is 17.1 Å². The van der Waals surface area contributed by atoms with Crippen LogP contribution in [0.5, 0.6) is 0 Å². The van der Waals surface area contributed by atoms with Crippen LogP contribution in [0.1, 0.15) is 12.5 Å². The molecule has 0 radical (unpaired) electrons. The molecule has 0 bridgehead atoms. The molecule has 8 heteroatoms. The van der Waals surface area contributed by atoms with Crippen molar-refractivity contribution in [3.8, 4) is 0 Å². The number of nitrogens with zero attached hydrogens (tertiary/aromatic N) is 2. The van der Waals surface area contributed by atoms with E-state index in [2.05, 4.69) is 9.82 Å². The molecule has 84 valence electrons. The van der Waals surface area contributed by atoms with Crippen LogP contribution in [0.25, 0.3) is 0 Å². The molecule has 0 atom stereocenters. The first-order chi connectivity index (χ1) is 6.87. The van der Waals surface area contributed by atoms with E-state index >= 15 is 0 Å². The quantitative estimate of drug-likeness (QED) is 0.477. The number of sulfonamides is 1. The van der Waals surface area contributed by atoms with Crippen LogP contribution in [0.4, 0.5) is 5.82 Å². The third-order valence-corrected chi connectivity index (χ3v) is 3.13. The highest BCUT2D eigenvalue weighted by atomic mass is 32.2. The number of nitrogens with two attached hydrogens (primary N) is 1. The Labute approximate surface area is 87.8 Å². The molecule has 0 aliphatic heterocycles. The molecule has 0 aromatic carbocycles. The number of hydrogen-bond donors (Lipinski definition) is 3. The topological polar surface area (TPSA) is 114 Å². The van der Waals surface area contributed by atoms with E-state index in [0.29, 0.717) is 0 Å².